The molecule has 7 nitrogen and oxygen atoms in total. The van der Waals surface area contributed by atoms with Crippen molar-refractivity contribution in [2.75, 3.05) is 5.32 Å². The van der Waals surface area contributed by atoms with Gasteiger partial charge in [-0.3, -0.25) is 9.78 Å². The summed E-state index contributed by atoms with van der Waals surface area (Å²) < 4.78 is 40.5. The van der Waals surface area contributed by atoms with Crippen molar-refractivity contribution in [2.24, 2.45) is 0 Å². The third-order valence-electron chi connectivity index (χ3n) is 4.37. The normalized spacial score (nSPS) is 12.4. The van der Waals surface area contributed by atoms with Gasteiger partial charge < -0.3 is 10.3 Å². The molecule has 4 rings (SSSR count). The number of alkyl halides is 2. The zero-order valence-electron chi connectivity index (χ0n) is 15.1. The summed E-state index contributed by atoms with van der Waals surface area (Å²) in [4.78, 5) is 22.7. The summed E-state index contributed by atoms with van der Waals surface area (Å²) in [5.74, 6) is 0.0108. The van der Waals surface area contributed by atoms with Crippen LogP contribution in [-0.4, -0.2) is 24.6 Å². The molecule has 4 aromatic rings. The summed E-state index contributed by atoms with van der Waals surface area (Å²) in [6.07, 6.45) is 0.786. The second-order valence-corrected chi connectivity index (χ2v) is 6.38. The van der Waals surface area contributed by atoms with Gasteiger partial charge in [-0.1, -0.05) is 0 Å². The van der Waals surface area contributed by atoms with Gasteiger partial charge in [0.1, 0.15) is 11.6 Å². The van der Waals surface area contributed by atoms with E-state index in [1.165, 1.54) is 16.8 Å². The molecule has 0 aliphatic heterocycles. The molecular formula is C19H15F3N6O. The molecule has 1 unspecified atom stereocenters. The van der Waals surface area contributed by atoms with Crippen molar-refractivity contribution in [2.45, 2.75) is 19.4 Å². The smallest absolute Gasteiger partial charge is 0.265 e. The Labute approximate surface area is 162 Å². The van der Waals surface area contributed by atoms with Crippen LogP contribution in [0, 0.1) is 5.82 Å². The topological polar surface area (TPSA) is 88.0 Å². The Bertz CT molecular complexity index is 1220. The summed E-state index contributed by atoms with van der Waals surface area (Å²) >= 11 is 0. The highest BCUT2D eigenvalue weighted by Crippen LogP contribution is 2.24. The molecule has 0 amide bonds. The van der Waals surface area contributed by atoms with Gasteiger partial charge in [-0.25, -0.2) is 22.7 Å². The molecule has 0 saturated carbocycles. The molecule has 0 spiro atoms. The molecule has 0 saturated heterocycles. The highest BCUT2D eigenvalue weighted by Gasteiger charge is 2.16. The van der Waals surface area contributed by atoms with Crippen LogP contribution in [-0.2, 0) is 0 Å². The fraction of sp³-hybridized carbons (Fsp3) is 0.158. The first-order chi connectivity index (χ1) is 13.9. The van der Waals surface area contributed by atoms with Gasteiger partial charge in [-0.2, -0.15) is 0 Å². The van der Waals surface area contributed by atoms with Crippen molar-refractivity contribution in [1.29, 1.82) is 0 Å². The summed E-state index contributed by atoms with van der Waals surface area (Å²) in [7, 11) is 0. The van der Waals surface area contributed by atoms with Gasteiger partial charge in [0.2, 0.25) is 0 Å². The molecule has 148 valence electrons. The number of nitrogens with one attached hydrogen (secondary N) is 2. The average molecular weight is 400 g/mol. The standard InChI is InChI=1S/C19H15F3N6O/c1-10(14-3-2-12(20)8-23-14)26-16-4-5-17-24-9-15(28(17)27-16)13-6-11(18(21)22)7-25-19(13)29/h2-10,18H,1H3,(H,25,29)(H,26,27). The minimum absolute atomic E-state index is 0.0354. The van der Waals surface area contributed by atoms with Gasteiger partial charge in [0.25, 0.3) is 12.0 Å². The Morgan fingerprint density at radius 3 is 2.69 bits per heavy atom. The summed E-state index contributed by atoms with van der Waals surface area (Å²) in [6, 6.07) is 7.08. The lowest BCUT2D eigenvalue weighted by Crippen LogP contribution is -2.13. The van der Waals surface area contributed by atoms with E-state index in [2.05, 4.69) is 25.4 Å². The summed E-state index contributed by atoms with van der Waals surface area (Å²) in [6.45, 7) is 1.83. The summed E-state index contributed by atoms with van der Waals surface area (Å²) in [5, 5.41) is 7.54. The lowest BCUT2D eigenvalue weighted by Gasteiger charge is -2.14. The number of fused-ring (bicyclic) bond motifs is 1. The third-order valence-corrected chi connectivity index (χ3v) is 4.37. The van der Waals surface area contributed by atoms with Gasteiger partial charge in [-0.05, 0) is 37.3 Å². The lowest BCUT2D eigenvalue weighted by atomic mass is 10.1. The maximum absolute atomic E-state index is 13.1. The van der Waals surface area contributed by atoms with E-state index < -0.39 is 17.8 Å². The molecule has 0 aromatic carbocycles. The van der Waals surface area contributed by atoms with Crippen molar-refractivity contribution < 1.29 is 13.2 Å². The van der Waals surface area contributed by atoms with Crippen molar-refractivity contribution in [3.63, 3.8) is 0 Å². The van der Waals surface area contributed by atoms with Crippen LogP contribution in [0.25, 0.3) is 16.9 Å². The molecule has 1 atom stereocenters. The number of nitrogens with zero attached hydrogens (tertiary/aromatic N) is 4. The highest BCUT2D eigenvalue weighted by molar-refractivity contribution is 5.63. The van der Waals surface area contributed by atoms with Gasteiger partial charge in [0, 0.05) is 11.8 Å². The van der Waals surface area contributed by atoms with E-state index in [4.69, 9.17) is 0 Å². The second-order valence-electron chi connectivity index (χ2n) is 6.38. The van der Waals surface area contributed by atoms with Crippen LogP contribution in [0.15, 0.2) is 53.7 Å². The first-order valence-corrected chi connectivity index (χ1v) is 8.66. The fourth-order valence-corrected chi connectivity index (χ4v) is 2.89. The van der Waals surface area contributed by atoms with E-state index in [0.29, 0.717) is 17.2 Å². The second kappa shape index (κ2) is 7.38. The molecule has 0 fully saturated rings. The number of hydrogen-bond donors (Lipinski definition) is 2. The number of anilines is 1. The Hall–Kier alpha value is -3.69. The molecule has 4 aromatic heterocycles. The van der Waals surface area contributed by atoms with Gasteiger partial charge in [-0.15, -0.1) is 5.10 Å². The number of imidazole rings is 1. The predicted octanol–water partition coefficient (Wildman–Crippen LogP) is 3.73. The number of halogens is 3. The lowest BCUT2D eigenvalue weighted by molar-refractivity contribution is 0.151. The van der Waals surface area contributed by atoms with Crippen molar-refractivity contribution in [3.8, 4) is 11.3 Å². The van der Waals surface area contributed by atoms with E-state index in [0.717, 1.165) is 18.5 Å². The Kier molecular flexibility index (Phi) is 4.75. The number of hydrogen-bond acceptors (Lipinski definition) is 5. The van der Waals surface area contributed by atoms with Gasteiger partial charge in [0.15, 0.2) is 5.65 Å². The molecule has 4 heterocycles. The minimum atomic E-state index is -2.72. The fourth-order valence-electron chi connectivity index (χ4n) is 2.89. The van der Waals surface area contributed by atoms with Crippen LogP contribution in [0.2, 0.25) is 0 Å². The zero-order valence-corrected chi connectivity index (χ0v) is 15.1. The molecule has 0 bridgehead atoms. The molecule has 0 radical (unpaired) electrons. The van der Waals surface area contributed by atoms with E-state index >= 15 is 0 Å². The van der Waals surface area contributed by atoms with E-state index in [-0.39, 0.29) is 22.9 Å². The van der Waals surface area contributed by atoms with E-state index in [1.54, 1.807) is 18.2 Å². The number of H-pyrrole nitrogens is 1. The number of pyridine rings is 2. The maximum atomic E-state index is 13.1. The molecule has 10 heteroatoms. The Morgan fingerprint density at radius 1 is 1.14 bits per heavy atom. The zero-order chi connectivity index (χ0) is 20.5. The van der Waals surface area contributed by atoms with Gasteiger partial charge >= 0.3 is 0 Å². The van der Waals surface area contributed by atoms with Crippen LogP contribution >= 0.6 is 0 Å². The minimum Gasteiger partial charge on any atom is -0.361 e. The first-order valence-electron chi connectivity index (χ1n) is 8.66. The van der Waals surface area contributed by atoms with Crippen LogP contribution < -0.4 is 10.9 Å². The summed E-state index contributed by atoms with van der Waals surface area (Å²) in [5.41, 5.74) is 0.536. The SMILES string of the molecule is CC(Nc1ccc2ncc(-c3cc(C(F)F)c[nH]c3=O)n2n1)c1ccc(F)cn1. The monoisotopic (exact) mass is 400 g/mol. The number of aromatic nitrogens is 5. The molecule has 29 heavy (non-hydrogen) atoms. The highest BCUT2D eigenvalue weighted by atomic mass is 19.3. The van der Waals surface area contributed by atoms with Crippen LogP contribution in [0.1, 0.15) is 30.6 Å². The number of aromatic amines is 1. The molecular weight excluding hydrogens is 385 g/mol. The molecule has 0 aliphatic rings. The van der Waals surface area contributed by atoms with Crippen molar-refractivity contribution in [1.82, 2.24) is 24.6 Å². The average Bonchev–Trinajstić information content (AvgIpc) is 3.11. The number of rotatable bonds is 5. The quantitative estimate of drug-likeness (QED) is 0.533. The van der Waals surface area contributed by atoms with Crippen LogP contribution in [0.4, 0.5) is 19.0 Å². The Morgan fingerprint density at radius 2 is 1.97 bits per heavy atom. The van der Waals surface area contributed by atoms with E-state index in [9.17, 15) is 18.0 Å². The molecule has 2 N–H and O–H groups in total. The van der Waals surface area contributed by atoms with Crippen LogP contribution in [0.5, 0.6) is 0 Å². The largest absolute Gasteiger partial charge is 0.361 e. The predicted molar refractivity (Wildman–Crippen MR) is 100 cm³/mol. The first kappa shape index (κ1) is 18.7. The van der Waals surface area contributed by atoms with Crippen molar-refractivity contribution >= 4 is 11.5 Å². The van der Waals surface area contributed by atoms with Crippen molar-refractivity contribution in [3.05, 3.63) is 76.4 Å². The maximum Gasteiger partial charge on any atom is 0.265 e. The third kappa shape index (κ3) is 3.68. The molecule has 0 aliphatic carbocycles. The van der Waals surface area contributed by atoms with Gasteiger partial charge in [0.05, 0.1) is 35.4 Å². The van der Waals surface area contributed by atoms with Crippen LogP contribution in [0.3, 0.4) is 0 Å². The Balaban J connectivity index is 1.71. The van der Waals surface area contributed by atoms with E-state index in [1.807, 2.05) is 6.92 Å².